The first kappa shape index (κ1) is 20.1. The monoisotopic (exact) mass is 426 g/mol. The number of carbonyl (C=O) groups is 1. The first-order valence-electron chi connectivity index (χ1n) is 10.7. The van der Waals surface area contributed by atoms with Crippen LogP contribution in [0.25, 0.3) is 22.0 Å². The molecule has 3 aromatic carbocycles. The molecule has 0 radical (unpaired) electrons. The van der Waals surface area contributed by atoms with E-state index in [0.29, 0.717) is 30.9 Å². The molecule has 0 aliphatic carbocycles. The van der Waals surface area contributed by atoms with E-state index in [-0.39, 0.29) is 17.8 Å². The number of anilines is 1. The highest BCUT2D eigenvalue weighted by Gasteiger charge is 2.30. The van der Waals surface area contributed by atoms with Crippen molar-refractivity contribution in [1.29, 1.82) is 0 Å². The van der Waals surface area contributed by atoms with E-state index in [9.17, 15) is 9.18 Å². The lowest BCUT2D eigenvalue weighted by Crippen LogP contribution is -2.54. The zero-order valence-corrected chi connectivity index (χ0v) is 17.8. The van der Waals surface area contributed by atoms with Crippen LogP contribution in [0, 0.1) is 5.82 Å². The number of carbonyl (C=O) groups excluding carboxylic acids is 1. The van der Waals surface area contributed by atoms with Gasteiger partial charge in [0.25, 0.3) is 5.91 Å². The van der Waals surface area contributed by atoms with Crippen molar-refractivity contribution >= 4 is 22.5 Å². The summed E-state index contributed by atoms with van der Waals surface area (Å²) in [4.78, 5) is 17.0. The Balaban J connectivity index is 1.47. The van der Waals surface area contributed by atoms with Crippen molar-refractivity contribution < 1.29 is 9.18 Å². The summed E-state index contributed by atoms with van der Waals surface area (Å²) in [5, 5.41) is 10.6. The normalized spacial score (nSPS) is 16.4. The number of halogens is 1. The number of rotatable bonds is 3. The molecule has 1 amide bonds. The summed E-state index contributed by atoms with van der Waals surface area (Å²) < 4.78 is 14.2. The summed E-state index contributed by atoms with van der Waals surface area (Å²) in [6.07, 6.45) is 0. The first-order valence-corrected chi connectivity index (χ1v) is 10.7. The second kappa shape index (κ2) is 8.38. The van der Waals surface area contributed by atoms with Crippen molar-refractivity contribution in [2.75, 3.05) is 24.5 Å². The second-order valence-electron chi connectivity index (χ2n) is 8.09. The molecule has 1 saturated heterocycles. The van der Waals surface area contributed by atoms with Crippen LogP contribution >= 0.6 is 0 Å². The number of aromatic nitrogens is 2. The zero-order valence-electron chi connectivity index (χ0n) is 17.8. The van der Waals surface area contributed by atoms with Gasteiger partial charge in [-0.1, -0.05) is 48.5 Å². The lowest BCUT2D eigenvalue weighted by Gasteiger charge is -2.40. The highest BCUT2D eigenvalue weighted by Crippen LogP contribution is 2.33. The molecule has 0 saturated carbocycles. The maximum absolute atomic E-state index is 14.2. The van der Waals surface area contributed by atoms with Crippen molar-refractivity contribution in [3.05, 3.63) is 90.2 Å². The summed E-state index contributed by atoms with van der Waals surface area (Å²) in [7, 11) is 0. The molecule has 0 N–H and O–H groups in total. The minimum atomic E-state index is -0.305. The quantitative estimate of drug-likeness (QED) is 0.473. The Bertz CT molecular complexity index is 1260. The highest BCUT2D eigenvalue weighted by atomic mass is 19.1. The van der Waals surface area contributed by atoms with Gasteiger partial charge in [0.15, 0.2) is 5.82 Å². The van der Waals surface area contributed by atoms with Gasteiger partial charge in [-0.3, -0.25) is 4.79 Å². The predicted molar refractivity (Wildman–Crippen MR) is 124 cm³/mol. The van der Waals surface area contributed by atoms with E-state index >= 15 is 0 Å². The Morgan fingerprint density at radius 3 is 2.34 bits per heavy atom. The summed E-state index contributed by atoms with van der Waals surface area (Å²) in [5.74, 6) is 0.453. The van der Waals surface area contributed by atoms with Gasteiger partial charge < -0.3 is 9.80 Å². The maximum atomic E-state index is 14.2. The Morgan fingerprint density at radius 2 is 1.62 bits per heavy atom. The van der Waals surface area contributed by atoms with Gasteiger partial charge in [0.2, 0.25) is 0 Å². The van der Waals surface area contributed by atoms with Gasteiger partial charge in [-0.15, -0.1) is 10.2 Å². The van der Waals surface area contributed by atoms with Gasteiger partial charge in [0.05, 0.1) is 0 Å². The van der Waals surface area contributed by atoms with Crippen LogP contribution in [0.15, 0.2) is 78.9 Å². The van der Waals surface area contributed by atoms with Crippen molar-refractivity contribution in [2.24, 2.45) is 0 Å². The number of hydrogen-bond acceptors (Lipinski definition) is 4. The van der Waals surface area contributed by atoms with E-state index < -0.39 is 0 Å². The van der Waals surface area contributed by atoms with Crippen LogP contribution in [-0.2, 0) is 0 Å². The van der Waals surface area contributed by atoms with E-state index in [0.717, 1.165) is 22.2 Å². The lowest BCUT2D eigenvalue weighted by molar-refractivity contribution is 0.0674. The molecule has 0 bridgehead atoms. The third-order valence-corrected chi connectivity index (χ3v) is 5.98. The van der Waals surface area contributed by atoms with E-state index in [4.69, 9.17) is 0 Å². The Hall–Kier alpha value is -3.80. The molecule has 32 heavy (non-hydrogen) atoms. The summed E-state index contributed by atoms with van der Waals surface area (Å²) in [6, 6.07) is 23.8. The molecular formula is C26H23FN4O. The van der Waals surface area contributed by atoms with Crippen molar-refractivity contribution in [1.82, 2.24) is 15.1 Å². The molecule has 1 unspecified atom stereocenters. The van der Waals surface area contributed by atoms with Crippen LogP contribution in [0.4, 0.5) is 10.2 Å². The lowest BCUT2D eigenvalue weighted by atomic mass is 10.0. The second-order valence-corrected chi connectivity index (χ2v) is 8.09. The number of piperazine rings is 1. The number of fused-ring (bicyclic) bond motifs is 1. The van der Waals surface area contributed by atoms with Gasteiger partial charge in [-0.25, -0.2) is 4.39 Å². The van der Waals surface area contributed by atoms with Crippen molar-refractivity contribution in [2.45, 2.75) is 13.0 Å². The molecule has 160 valence electrons. The minimum absolute atomic E-state index is 0.00237. The third kappa shape index (κ3) is 3.68. The number of benzene rings is 3. The number of nitrogens with zero attached hydrogens (tertiary/aromatic N) is 4. The maximum Gasteiger partial charge on any atom is 0.254 e. The molecule has 1 aromatic heterocycles. The summed E-state index contributed by atoms with van der Waals surface area (Å²) >= 11 is 0. The first-order chi connectivity index (χ1) is 15.6. The zero-order chi connectivity index (χ0) is 22.1. The van der Waals surface area contributed by atoms with Crippen LogP contribution in [0.5, 0.6) is 0 Å². The Morgan fingerprint density at radius 1 is 0.906 bits per heavy atom. The average molecular weight is 426 g/mol. The van der Waals surface area contributed by atoms with Crippen LogP contribution in [-0.4, -0.2) is 46.7 Å². The van der Waals surface area contributed by atoms with Crippen LogP contribution in [0.2, 0.25) is 0 Å². The van der Waals surface area contributed by atoms with Gasteiger partial charge in [0, 0.05) is 47.6 Å². The smallest absolute Gasteiger partial charge is 0.254 e. The molecule has 2 heterocycles. The van der Waals surface area contributed by atoms with Gasteiger partial charge in [-0.05, 0) is 37.3 Å². The van der Waals surface area contributed by atoms with Crippen LogP contribution in [0.3, 0.4) is 0 Å². The molecule has 0 spiro atoms. The van der Waals surface area contributed by atoms with Crippen molar-refractivity contribution in [3.63, 3.8) is 0 Å². The number of hydrogen-bond donors (Lipinski definition) is 0. The Kier molecular flexibility index (Phi) is 5.27. The molecular weight excluding hydrogens is 403 g/mol. The fourth-order valence-electron chi connectivity index (χ4n) is 4.35. The summed E-state index contributed by atoms with van der Waals surface area (Å²) in [5.41, 5.74) is 2.25. The average Bonchev–Trinajstić information content (AvgIpc) is 2.84. The largest absolute Gasteiger partial charge is 0.351 e. The molecule has 5 rings (SSSR count). The molecule has 1 aliphatic heterocycles. The third-order valence-electron chi connectivity index (χ3n) is 5.98. The molecule has 1 fully saturated rings. The minimum Gasteiger partial charge on any atom is -0.351 e. The van der Waals surface area contributed by atoms with Gasteiger partial charge in [0.1, 0.15) is 11.5 Å². The predicted octanol–water partition coefficient (Wildman–Crippen LogP) is 4.79. The van der Waals surface area contributed by atoms with Crippen LogP contribution < -0.4 is 4.90 Å². The van der Waals surface area contributed by atoms with E-state index in [1.165, 1.54) is 12.1 Å². The van der Waals surface area contributed by atoms with E-state index in [1.807, 2.05) is 72.5 Å². The molecule has 5 nitrogen and oxygen atoms in total. The van der Waals surface area contributed by atoms with Gasteiger partial charge >= 0.3 is 0 Å². The fraction of sp³-hybridized carbons (Fsp3) is 0.192. The Labute approximate surface area is 186 Å². The highest BCUT2D eigenvalue weighted by molar-refractivity contribution is 6.00. The van der Waals surface area contributed by atoms with Crippen molar-refractivity contribution in [3.8, 4) is 11.3 Å². The molecule has 1 atom stereocenters. The van der Waals surface area contributed by atoms with Crippen LogP contribution in [0.1, 0.15) is 17.3 Å². The molecule has 6 heteroatoms. The molecule has 4 aromatic rings. The molecule has 1 aliphatic rings. The van der Waals surface area contributed by atoms with Gasteiger partial charge in [-0.2, -0.15) is 0 Å². The standard InChI is InChI=1S/C26H23FN4O/c1-18-17-30(14-15-31(18)26(32)20-10-6-3-7-11-20)25-22-13-12-21(27)16-23(22)24(28-29-25)19-8-4-2-5-9-19/h2-13,16,18H,14-15,17H2,1H3. The van der Waals surface area contributed by atoms with E-state index in [2.05, 4.69) is 15.1 Å². The number of amides is 1. The summed E-state index contributed by atoms with van der Waals surface area (Å²) in [6.45, 7) is 3.89. The topological polar surface area (TPSA) is 49.3 Å². The fourth-order valence-corrected chi connectivity index (χ4v) is 4.35. The van der Waals surface area contributed by atoms with E-state index in [1.54, 1.807) is 6.07 Å². The SMILES string of the molecule is CC1CN(c2nnc(-c3ccccc3)c3cc(F)ccc23)CCN1C(=O)c1ccccc1.